The number of hydrogen-bond acceptors (Lipinski definition) is 3. The van der Waals surface area contributed by atoms with E-state index in [-0.39, 0.29) is 0 Å². The molecule has 2 aromatic rings. The van der Waals surface area contributed by atoms with Crippen LogP contribution in [0.4, 0.5) is 0 Å². The van der Waals surface area contributed by atoms with Gasteiger partial charge >= 0.3 is 0 Å². The molecule has 0 aromatic heterocycles. The van der Waals surface area contributed by atoms with Gasteiger partial charge in [0.25, 0.3) is 0 Å². The SMILES string of the molecule is CCOc1ccc(OCCC(C)(C#N)c2ccccc2)cc1. The van der Waals surface area contributed by atoms with Crippen molar-refractivity contribution >= 4 is 0 Å². The molecule has 0 N–H and O–H groups in total. The van der Waals surface area contributed by atoms with Crippen molar-refractivity contribution < 1.29 is 9.47 Å². The summed E-state index contributed by atoms with van der Waals surface area (Å²) >= 11 is 0. The second-order valence-corrected chi connectivity index (χ2v) is 5.31. The van der Waals surface area contributed by atoms with Crippen LogP contribution in [0.3, 0.4) is 0 Å². The lowest BCUT2D eigenvalue weighted by Crippen LogP contribution is -2.22. The second-order valence-electron chi connectivity index (χ2n) is 5.31. The molecule has 0 bridgehead atoms. The summed E-state index contributed by atoms with van der Waals surface area (Å²) < 4.78 is 11.1. The van der Waals surface area contributed by atoms with Crippen LogP contribution in [0.1, 0.15) is 25.8 Å². The monoisotopic (exact) mass is 295 g/mol. The highest BCUT2D eigenvalue weighted by Gasteiger charge is 2.26. The van der Waals surface area contributed by atoms with Gasteiger partial charge in [-0.2, -0.15) is 5.26 Å². The molecule has 114 valence electrons. The standard InChI is InChI=1S/C19H21NO2/c1-3-21-17-9-11-18(12-10-17)22-14-13-19(2,15-20)16-7-5-4-6-8-16/h4-12H,3,13-14H2,1-2H3. The zero-order valence-corrected chi connectivity index (χ0v) is 13.1. The molecule has 0 aliphatic heterocycles. The zero-order chi connectivity index (χ0) is 15.8. The van der Waals surface area contributed by atoms with E-state index in [0.29, 0.717) is 19.6 Å². The second kappa shape index (κ2) is 7.51. The summed E-state index contributed by atoms with van der Waals surface area (Å²) in [7, 11) is 0. The molecule has 0 amide bonds. The Balaban J connectivity index is 1.93. The number of hydrogen-bond donors (Lipinski definition) is 0. The molecule has 0 saturated carbocycles. The number of ether oxygens (including phenoxy) is 2. The van der Waals surface area contributed by atoms with E-state index in [9.17, 15) is 5.26 Å². The van der Waals surface area contributed by atoms with Crippen molar-refractivity contribution in [3.8, 4) is 17.6 Å². The summed E-state index contributed by atoms with van der Waals surface area (Å²) in [5, 5.41) is 9.51. The minimum absolute atomic E-state index is 0.493. The van der Waals surface area contributed by atoms with Crippen LogP contribution in [0.15, 0.2) is 54.6 Å². The Kier molecular flexibility index (Phi) is 5.43. The fourth-order valence-corrected chi connectivity index (χ4v) is 2.24. The van der Waals surface area contributed by atoms with E-state index in [0.717, 1.165) is 17.1 Å². The minimum Gasteiger partial charge on any atom is -0.494 e. The van der Waals surface area contributed by atoms with Gasteiger partial charge in [0.2, 0.25) is 0 Å². The first kappa shape index (κ1) is 15.9. The smallest absolute Gasteiger partial charge is 0.119 e. The van der Waals surface area contributed by atoms with Crippen LogP contribution in [0.5, 0.6) is 11.5 Å². The third kappa shape index (κ3) is 4.02. The lowest BCUT2D eigenvalue weighted by molar-refractivity contribution is 0.284. The summed E-state index contributed by atoms with van der Waals surface area (Å²) in [4.78, 5) is 0. The number of rotatable bonds is 7. The molecule has 1 atom stereocenters. The van der Waals surface area contributed by atoms with Crippen molar-refractivity contribution in [2.24, 2.45) is 0 Å². The van der Waals surface area contributed by atoms with Crippen LogP contribution >= 0.6 is 0 Å². The molecule has 0 radical (unpaired) electrons. The average Bonchev–Trinajstić information content (AvgIpc) is 2.57. The molecule has 2 aromatic carbocycles. The highest BCUT2D eigenvalue weighted by atomic mass is 16.5. The third-order valence-electron chi connectivity index (χ3n) is 3.66. The summed E-state index contributed by atoms with van der Waals surface area (Å²) in [5.74, 6) is 1.62. The van der Waals surface area contributed by atoms with Crippen molar-refractivity contribution in [3.05, 3.63) is 60.2 Å². The molecule has 3 nitrogen and oxygen atoms in total. The molecule has 0 saturated heterocycles. The van der Waals surface area contributed by atoms with Crippen molar-refractivity contribution in [3.63, 3.8) is 0 Å². The van der Waals surface area contributed by atoms with Gasteiger partial charge in [-0.1, -0.05) is 30.3 Å². The fraction of sp³-hybridized carbons (Fsp3) is 0.316. The average molecular weight is 295 g/mol. The van der Waals surface area contributed by atoms with Crippen LogP contribution < -0.4 is 9.47 Å². The molecule has 0 fully saturated rings. The van der Waals surface area contributed by atoms with Crippen LogP contribution in [0.2, 0.25) is 0 Å². The molecule has 3 heteroatoms. The molecular formula is C19H21NO2. The number of benzene rings is 2. The molecule has 0 aliphatic rings. The summed E-state index contributed by atoms with van der Waals surface area (Å²) in [6.07, 6.45) is 0.640. The summed E-state index contributed by atoms with van der Waals surface area (Å²) in [5.41, 5.74) is 0.486. The van der Waals surface area contributed by atoms with Gasteiger partial charge in [0.1, 0.15) is 11.5 Å². The van der Waals surface area contributed by atoms with E-state index < -0.39 is 5.41 Å². The first-order valence-electron chi connectivity index (χ1n) is 7.50. The largest absolute Gasteiger partial charge is 0.494 e. The Labute approximate surface area is 132 Å². The summed E-state index contributed by atoms with van der Waals surface area (Å²) in [6, 6.07) is 19.8. The highest BCUT2D eigenvalue weighted by Crippen LogP contribution is 2.27. The Morgan fingerprint density at radius 2 is 1.55 bits per heavy atom. The van der Waals surface area contributed by atoms with E-state index in [1.165, 1.54) is 0 Å². The molecular weight excluding hydrogens is 274 g/mol. The van der Waals surface area contributed by atoms with Gasteiger partial charge < -0.3 is 9.47 Å². The van der Waals surface area contributed by atoms with E-state index >= 15 is 0 Å². The predicted molar refractivity (Wildman–Crippen MR) is 87.1 cm³/mol. The Morgan fingerprint density at radius 1 is 0.955 bits per heavy atom. The lowest BCUT2D eigenvalue weighted by atomic mass is 9.81. The highest BCUT2D eigenvalue weighted by molar-refractivity contribution is 5.32. The van der Waals surface area contributed by atoms with Gasteiger partial charge in [-0.05, 0) is 43.7 Å². The van der Waals surface area contributed by atoms with Gasteiger partial charge in [0, 0.05) is 6.42 Å². The number of nitrogens with zero attached hydrogens (tertiary/aromatic N) is 1. The topological polar surface area (TPSA) is 42.2 Å². The zero-order valence-electron chi connectivity index (χ0n) is 13.1. The molecule has 0 aliphatic carbocycles. The van der Waals surface area contributed by atoms with Crippen molar-refractivity contribution in [2.75, 3.05) is 13.2 Å². The van der Waals surface area contributed by atoms with Crippen LogP contribution in [0, 0.1) is 11.3 Å². The van der Waals surface area contributed by atoms with Gasteiger partial charge in [-0.3, -0.25) is 0 Å². The molecule has 0 heterocycles. The Morgan fingerprint density at radius 3 is 2.09 bits per heavy atom. The maximum atomic E-state index is 9.51. The molecule has 0 spiro atoms. The molecule has 2 rings (SSSR count). The normalized spacial score (nSPS) is 13.0. The quantitative estimate of drug-likeness (QED) is 0.763. The molecule has 22 heavy (non-hydrogen) atoms. The lowest BCUT2D eigenvalue weighted by Gasteiger charge is -2.22. The van der Waals surface area contributed by atoms with Crippen molar-refractivity contribution in [1.82, 2.24) is 0 Å². The van der Waals surface area contributed by atoms with E-state index in [2.05, 4.69) is 6.07 Å². The maximum Gasteiger partial charge on any atom is 0.119 e. The third-order valence-corrected chi connectivity index (χ3v) is 3.66. The summed E-state index contributed by atoms with van der Waals surface area (Å²) in [6.45, 7) is 5.05. The van der Waals surface area contributed by atoms with Gasteiger partial charge in [0.15, 0.2) is 0 Å². The van der Waals surface area contributed by atoms with Crippen molar-refractivity contribution in [1.29, 1.82) is 5.26 Å². The number of nitriles is 1. The Hall–Kier alpha value is -2.47. The van der Waals surface area contributed by atoms with Crippen LogP contribution in [-0.2, 0) is 5.41 Å². The van der Waals surface area contributed by atoms with Crippen LogP contribution in [0.25, 0.3) is 0 Å². The van der Waals surface area contributed by atoms with Gasteiger partial charge in [-0.25, -0.2) is 0 Å². The van der Waals surface area contributed by atoms with Crippen LogP contribution in [-0.4, -0.2) is 13.2 Å². The van der Waals surface area contributed by atoms with Gasteiger partial charge in [0.05, 0.1) is 24.7 Å². The Bertz CT molecular complexity index is 616. The first-order chi connectivity index (χ1) is 10.7. The molecule has 1 unspecified atom stereocenters. The predicted octanol–water partition coefficient (Wildman–Crippen LogP) is 4.34. The van der Waals surface area contributed by atoms with E-state index in [1.54, 1.807) is 0 Å². The van der Waals surface area contributed by atoms with Gasteiger partial charge in [-0.15, -0.1) is 0 Å². The maximum absolute atomic E-state index is 9.51. The first-order valence-corrected chi connectivity index (χ1v) is 7.50. The van der Waals surface area contributed by atoms with Crippen molar-refractivity contribution in [2.45, 2.75) is 25.7 Å². The van der Waals surface area contributed by atoms with E-state index in [1.807, 2.05) is 68.4 Å². The minimum atomic E-state index is -0.535. The fourth-order valence-electron chi connectivity index (χ4n) is 2.24. The van der Waals surface area contributed by atoms with E-state index in [4.69, 9.17) is 9.47 Å².